The van der Waals surface area contributed by atoms with Crippen molar-refractivity contribution in [1.29, 1.82) is 0 Å². The van der Waals surface area contributed by atoms with Crippen LogP contribution in [-0.4, -0.2) is 81.1 Å². The summed E-state index contributed by atoms with van der Waals surface area (Å²) in [6.07, 6.45) is 0. The van der Waals surface area contributed by atoms with E-state index >= 15 is 0 Å². The highest BCUT2D eigenvalue weighted by Crippen LogP contribution is 2.29. The highest BCUT2D eigenvalue weighted by atomic mass is 16.5. The highest BCUT2D eigenvalue weighted by molar-refractivity contribution is 6.10. The van der Waals surface area contributed by atoms with E-state index in [1.807, 2.05) is 31.3 Å². The fraction of sp³-hybridized carbons (Fsp3) is 0.600. The van der Waals surface area contributed by atoms with Gasteiger partial charge < -0.3 is 24.8 Å². The van der Waals surface area contributed by atoms with Crippen molar-refractivity contribution in [2.75, 3.05) is 69.7 Å². The fourth-order valence-electron chi connectivity index (χ4n) is 3.44. The summed E-state index contributed by atoms with van der Waals surface area (Å²) in [4.78, 5) is 32.2. The number of hydrogen-bond donors (Lipinski definition) is 1. The first-order valence-corrected chi connectivity index (χ1v) is 9.60. The number of benzene rings is 1. The van der Waals surface area contributed by atoms with E-state index < -0.39 is 5.41 Å². The number of amides is 2. The molecule has 0 spiro atoms. The Morgan fingerprint density at radius 1 is 1.00 bits per heavy atom. The lowest BCUT2D eigenvalue weighted by atomic mass is 9.89. The molecule has 2 aliphatic rings. The van der Waals surface area contributed by atoms with Gasteiger partial charge in [0.25, 0.3) is 0 Å². The Morgan fingerprint density at radius 3 is 2.30 bits per heavy atom. The third-order valence-electron chi connectivity index (χ3n) is 5.40. The standard InChI is InChI=1S/C20H30N4O3/c1-20(2,19(26)24-10-8-22(3)9-11-24)18(25)21-16-6-4-5-7-17(16)23-12-14-27-15-13-23/h4-7H,8-15H2,1-3H3,(H,21,25). The molecule has 0 unspecified atom stereocenters. The summed E-state index contributed by atoms with van der Waals surface area (Å²) in [5.74, 6) is -0.385. The number of carbonyl (C=O) groups is 2. The van der Waals surface area contributed by atoms with Gasteiger partial charge in [0.15, 0.2) is 0 Å². The van der Waals surface area contributed by atoms with Gasteiger partial charge in [0.05, 0.1) is 24.6 Å². The fourth-order valence-corrected chi connectivity index (χ4v) is 3.44. The molecule has 1 aromatic carbocycles. The van der Waals surface area contributed by atoms with Crippen LogP contribution in [-0.2, 0) is 14.3 Å². The molecule has 1 N–H and O–H groups in total. The SMILES string of the molecule is CN1CCN(C(=O)C(C)(C)C(=O)Nc2ccccc2N2CCOCC2)CC1. The van der Waals surface area contributed by atoms with E-state index in [1.165, 1.54) is 0 Å². The number of hydrogen-bond acceptors (Lipinski definition) is 5. The summed E-state index contributed by atoms with van der Waals surface area (Å²) in [7, 11) is 2.04. The maximum atomic E-state index is 13.0. The minimum Gasteiger partial charge on any atom is -0.378 e. The number of carbonyl (C=O) groups excluding carboxylic acids is 2. The number of anilines is 2. The van der Waals surface area contributed by atoms with Crippen molar-refractivity contribution in [2.24, 2.45) is 5.41 Å². The summed E-state index contributed by atoms with van der Waals surface area (Å²) in [6.45, 7) is 9.35. The van der Waals surface area contributed by atoms with Crippen molar-refractivity contribution in [3.63, 3.8) is 0 Å². The molecule has 0 aromatic heterocycles. The maximum Gasteiger partial charge on any atom is 0.239 e. The Bertz CT molecular complexity index is 678. The van der Waals surface area contributed by atoms with Gasteiger partial charge >= 0.3 is 0 Å². The van der Waals surface area contributed by atoms with Gasteiger partial charge in [0.2, 0.25) is 11.8 Å². The number of ether oxygens (including phenoxy) is 1. The van der Waals surface area contributed by atoms with Crippen molar-refractivity contribution < 1.29 is 14.3 Å². The Morgan fingerprint density at radius 2 is 1.63 bits per heavy atom. The number of nitrogens with one attached hydrogen (secondary N) is 1. The first kappa shape index (κ1) is 19.6. The zero-order valence-electron chi connectivity index (χ0n) is 16.5. The molecule has 0 aliphatic carbocycles. The monoisotopic (exact) mass is 374 g/mol. The van der Waals surface area contributed by atoms with Crippen molar-refractivity contribution in [3.8, 4) is 0 Å². The molecule has 148 valence electrons. The summed E-state index contributed by atoms with van der Waals surface area (Å²) in [5, 5.41) is 3.00. The van der Waals surface area contributed by atoms with Crippen LogP contribution in [0.1, 0.15) is 13.8 Å². The lowest BCUT2D eigenvalue weighted by Gasteiger charge is -2.37. The van der Waals surface area contributed by atoms with E-state index in [4.69, 9.17) is 4.74 Å². The second-order valence-electron chi connectivity index (χ2n) is 7.79. The Labute approximate surface area is 161 Å². The molecule has 3 rings (SSSR count). The smallest absolute Gasteiger partial charge is 0.239 e. The van der Waals surface area contributed by atoms with Gasteiger partial charge in [-0.3, -0.25) is 9.59 Å². The third kappa shape index (κ3) is 4.42. The van der Waals surface area contributed by atoms with Gasteiger partial charge in [-0.1, -0.05) is 12.1 Å². The number of likely N-dealkylation sites (N-methyl/N-ethyl adjacent to an activating group) is 1. The lowest BCUT2D eigenvalue weighted by molar-refractivity contribution is -0.147. The summed E-state index contributed by atoms with van der Waals surface area (Å²) in [5.41, 5.74) is 0.592. The first-order chi connectivity index (χ1) is 12.9. The minimum atomic E-state index is -1.12. The molecule has 7 heteroatoms. The van der Waals surface area contributed by atoms with Gasteiger partial charge in [-0.2, -0.15) is 0 Å². The molecule has 0 atom stereocenters. The van der Waals surface area contributed by atoms with E-state index in [9.17, 15) is 9.59 Å². The van der Waals surface area contributed by atoms with Crippen LogP contribution < -0.4 is 10.2 Å². The van der Waals surface area contributed by atoms with E-state index in [-0.39, 0.29) is 11.8 Å². The largest absolute Gasteiger partial charge is 0.378 e. The molecule has 0 radical (unpaired) electrons. The second kappa shape index (κ2) is 8.27. The predicted molar refractivity (Wildman–Crippen MR) is 106 cm³/mol. The van der Waals surface area contributed by atoms with Crippen LogP contribution in [0.5, 0.6) is 0 Å². The Kier molecular flexibility index (Phi) is 6.01. The predicted octanol–water partition coefficient (Wildman–Crippen LogP) is 1.26. The molecular weight excluding hydrogens is 344 g/mol. The lowest BCUT2D eigenvalue weighted by Crippen LogP contribution is -2.53. The average molecular weight is 374 g/mol. The van der Waals surface area contributed by atoms with E-state index in [0.29, 0.717) is 26.3 Å². The van der Waals surface area contributed by atoms with Crippen LogP contribution >= 0.6 is 0 Å². The van der Waals surface area contributed by atoms with Gasteiger partial charge in [0, 0.05) is 39.3 Å². The molecule has 27 heavy (non-hydrogen) atoms. The summed E-state index contributed by atoms with van der Waals surface area (Å²) in [6, 6.07) is 7.74. The number of rotatable bonds is 4. The van der Waals surface area contributed by atoms with Crippen LogP contribution in [0.4, 0.5) is 11.4 Å². The van der Waals surface area contributed by atoms with Crippen LogP contribution in [0.2, 0.25) is 0 Å². The topological polar surface area (TPSA) is 65.1 Å². The van der Waals surface area contributed by atoms with E-state index in [0.717, 1.165) is 37.6 Å². The molecule has 2 fully saturated rings. The van der Waals surface area contributed by atoms with Crippen LogP contribution in [0.25, 0.3) is 0 Å². The van der Waals surface area contributed by atoms with Crippen molar-refractivity contribution in [2.45, 2.75) is 13.8 Å². The van der Waals surface area contributed by atoms with E-state index in [2.05, 4.69) is 15.1 Å². The van der Waals surface area contributed by atoms with Gasteiger partial charge in [-0.15, -0.1) is 0 Å². The molecule has 2 amide bonds. The zero-order valence-corrected chi connectivity index (χ0v) is 16.5. The molecule has 1 aromatic rings. The minimum absolute atomic E-state index is 0.114. The number of nitrogens with zero attached hydrogens (tertiary/aromatic N) is 3. The third-order valence-corrected chi connectivity index (χ3v) is 5.40. The summed E-state index contributed by atoms with van der Waals surface area (Å²) >= 11 is 0. The van der Waals surface area contributed by atoms with Crippen molar-refractivity contribution in [1.82, 2.24) is 9.80 Å². The quantitative estimate of drug-likeness (QED) is 0.804. The van der Waals surface area contributed by atoms with E-state index in [1.54, 1.807) is 18.7 Å². The van der Waals surface area contributed by atoms with Crippen LogP contribution in [0.15, 0.2) is 24.3 Å². The number of morpholine rings is 1. The average Bonchev–Trinajstić information content (AvgIpc) is 2.69. The molecule has 2 heterocycles. The van der Waals surface area contributed by atoms with Gasteiger partial charge in [0.1, 0.15) is 5.41 Å². The van der Waals surface area contributed by atoms with Crippen molar-refractivity contribution in [3.05, 3.63) is 24.3 Å². The molecule has 0 bridgehead atoms. The van der Waals surface area contributed by atoms with Gasteiger partial charge in [-0.05, 0) is 33.0 Å². The van der Waals surface area contributed by atoms with Crippen LogP contribution in [0.3, 0.4) is 0 Å². The van der Waals surface area contributed by atoms with Crippen molar-refractivity contribution >= 4 is 23.2 Å². The number of piperazine rings is 1. The summed E-state index contributed by atoms with van der Waals surface area (Å²) < 4.78 is 5.42. The molecule has 2 saturated heterocycles. The highest BCUT2D eigenvalue weighted by Gasteiger charge is 2.40. The maximum absolute atomic E-state index is 13.0. The Hall–Kier alpha value is -2.12. The normalized spacial score (nSPS) is 19.1. The van der Waals surface area contributed by atoms with Gasteiger partial charge in [-0.25, -0.2) is 0 Å². The molecule has 2 aliphatic heterocycles. The molecule has 7 nitrogen and oxygen atoms in total. The molecule has 0 saturated carbocycles. The Balaban J connectivity index is 1.71. The second-order valence-corrected chi connectivity index (χ2v) is 7.79. The zero-order chi connectivity index (χ0) is 19.4. The number of para-hydroxylation sites is 2. The van der Waals surface area contributed by atoms with Crippen LogP contribution in [0, 0.1) is 5.41 Å². The molecular formula is C20H30N4O3. The first-order valence-electron chi connectivity index (χ1n) is 9.60.